The molecule has 1 aromatic carbocycles. The minimum atomic E-state index is -0.107. The van der Waals surface area contributed by atoms with Gasteiger partial charge in [-0.3, -0.25) is 10.6 Å². The van der Waals surface area contributed by atoms with E-state index in [-0.39, 0.29) is 11.9 Å². The second kappa shape index (κ2) is 6.54. The predicted molar refractivity (Wildman–Crippen MR) is 83.9 cm³/mol. The molecule has 20 heavy (non-hydrogen) atoms. The van der Waals surface area contributed by atoms with Gasteiger partial charge in [-0.25, -0.2) is 0 Å². The fraction of sp³-hybridized carbons (Fsp3) is 0.267. The molecule has 2 aromatic rings. The molecule has 0 aliphatic carbocycles. The minimum Gasteiger partial charge on any atom is -0.349 e. The summed E-state index contributed by atoms with van der Waals surface area (Å²) in [5.74, 6) is 5.34. The Bertz CT molecular complexity index is 581. The summed E-state index contributed by atoms with van der Waals surface area (Å²) in [4.78, 5) is 12.3. The van der Waals surface area contributed by atoms with Gasteiger partial charge < -0.3 is 10.7 Å². The Labute approximate surface area is 123 Å². The van der Waals surface area contributed by atoms with Crippen molar-refractivity contribution < 1.29 is 4.79 Å². The number of hydrazine groups is 1. The predicted octanol–water partition coefficient (Wildman–Crippen LogP) is 2.70. The summed E-state index contributed by atoms with van der Waals surface area (Å²) in [6, 6.07) is 7.71. The first-order valence-electron chi connectivity index (χ1n) is 6.49. The van der Waals surface area contributed by atoms with Crippen molar-refractivity contribution in [2.24, 2.45) is 5.84 Å². The van der Waals surface area contributed by atoms with Crippen molar-refractivity contribution >= 4 is 22.9 Å². The van der Waals surface area contributed by atoms with E-state index in [1.54, 1.807) is 11.3 Å². The van der Waals surface area contributed by atoms with E-state index >= 15 is 0 Å². The molecule has 0 spiro atoms. The average molecular weight is 289 g/mol. The van der Waals surface area contributed by atoms with Crippen molar-refractivity contribution in [1.29, 1.82) is 0 Å². The Morgan fingerprint density at radius 1 is 1.40 bits per heavy atom. The highest BCUT2D eigenvalue weighted by atomic mass is 32.1. The molecule has 0 saturated carbocycles. The number of amides is 1. The van der Waals surface area contributed by atoms with E-state index in [9.17, 15) is 4.79 Å². The lowest BCUT2D eigenvalue weighted by Crippen LogP contribution is -2.34. The smallest absolute Gasteiger partial charge is 0.253 e. The average Bonchev–Trinajstić information content (AvgIpc) is 2.91. The Balaban J connectivity index is 2.06. The SMILES string of the molecule is Cc1ccc(NN)c(C(=O)NC(C)Cc2ccsc2)c1. The third-order valence-corrected chi connectivity index (χ3v) is 3.81. The highest BCUT2D eigenvalue weighted by Crippen LogP contribution is 2.17. The number of benzene rings is 1. The molecule has 0 radical (unpaired) electrons. The first kappa shape index (κ1) is 14.6. The number of carbonyl (C=O) groups excluding carboxylic acids is 1. The molecule has 1 aromatic heterocycles. The van der Waals surface area contributed by atoms with Gasteiger partial charge in [0.2, 0.25) is 0 Å². The molecule has 1 amide bonds. The summed E-state index contributed by atoms with van der Waals surface area (Å²) in [7, 11) is 0. The molecule has 5 heteroatoms. The number of carbonyl (C=O) groups is 1. The van der Waals surface area contributed by atoms with Gasteiger partial charge in [-0.15, -0.1) is 0 Å². The molecule has 0 aliphatic heterocycles. The Kier molecular flexibility index (Phi) is 4.76. The maximum absolute atomic E-state index is 12.3. The van der Waals surface area contributed by atoms with Crippen LogP contribution in [0.15, 0.2) is 35.0 Å². The molecule has 0 fully saturated rings. The van der Waals surface area contributed by atoms with Crippen molar-refractivity contribution in [3.05, 3.63) is 51.7 Å². The van der Waals surface area contributed by atoms with Crippen LogP contribution in [-0.2, 0) is 6.42 Å². The zero-order valence-electron chi connectivity index (χ0n) is 11.6. The van der Waals surface area contributed by atoms with Gasteiger partial charge in [0, 0.05) is 6.04 Å². The van der Waals surface area contributed by atoms with Gasteiger partial charge in [-0.2, -0.15) is 11.3 Å². The van der Waals surface area contributed by atoms with Crippen LogP contribution in [0, 0.1) is 6.92 Å². The Hall–Kier alpha value is -1.85. The largest absolute Gasteiger partial charge is 0.349 e. The van der Waals surface area contributed by atoms with E-state index in [0.29, 0.717) is 11.3 Å². The number of aryl methyl sites for hydroxylation is 1. The maximum atomic E-state index is 12.3. The summed E-state index contributed by atoms with van der Waals surface area (Å²) >= 11 is 1.67. The zero-order valence-corrected chi connectivity index (χ0v) is 12.5. The molecular formula is C15H19N3OS. The monoisotopic (exact) mass is 289 g/mol. The van der Waals surface area contributed by atoms with Crippen LogP contribution in [0.1, 0.15) is 28.4 Å². The van der Waals surface area contributed by atoms with Crippen LogP contribution in [0.2, 0.25) is 0 Å². The molecule has 0 saturated heterocycles. The highest BCUT2D eigenvalue weighted by molar-refractivity contribution is 7.07. The van der Waals surface area contributed by atoms with E-state index in [4.69, 9.17) is 5.84 Å². The number of nitrogens with two attached hydrogens (primary N) is 1. The summed E-state index contributed by atoms with van der Waals surface area (Å²) < 4.78 is 0. The van der Waals surface area contributed by atoms with Crippen LogP contribution in [0.4, 0.5) is 5.69 Å². The summed E-state index contributed by atoms with van der Waals surface area (Å²) in [5, 5.41) is 7.15. The fourth-order valence-electron chi connectivity index (χ4n) is 2.09. The number of anilines is 1. The normalized spacial score (nSPS) is 11.9. The Morgan fingerprint density at radius 3 is 2.85 bits per heavy atom. The second-order valence-corrected chi connectivity index (χ2v) is 5.68. The van der Waals surface area contributed by atoms with Crippen LogP contribution in [0.5, 0.6) is 0 Å². The standard InChI is InChI=1S/C15H19N3OS/c1-10-3-4-14(18-16)13(7-10)15(19)17-11(2)8-12-5-6-20-9-12/h3-7,9,11,18H,8,16H2,1-2H3,(H,17,19). The van der Waals surface area contributed by atoms with Crippen molar-refractivity contribution in [3.63, 3.8) is 0 Å². The lowest BCUT2D eigenvalue weighted by atomic mass is 10.1. The van der Waals surface area contributed by atoms with Crippen LogP contribution in [0.3, 0.4) is 0 Å². The van der Waals surface area contributed by atoms with Crippen LogP contribution < -0.4 is 16.6 Å². The lowest BCUT2D eigenvalue weighted by molar-refractivity contribution is 0.0941. The topological polar surface area (TPSA) is 67.1 Å². The molecule has 4 N–H and O–H groups in total. The molecule has 106 valence electrons. The van der Waals surface area contributed by atoms with E-state index < -0.39 is 0 Å². The molecule has 4 nitrogen and oxygen atoms in total. The van der Waals surface area contributed by atoms with Crippen molar-refractivity contribution in [2.45, 2.75) is 26.3 Å². The van der Waals surface area contributed by atoms with Gasteiger partial charge in [0.15, 0.2) is 0 Å². The van der Waals surface area contributed by atoms with Crippen molar-refractivity contribution in [1.82, 2.24) is 5.32 Å². The zero-order chi connectivity index (χ0) is 14.5. The first-order valence-corrected chi connectivity index (χ1v) is 7.43. The second-order valence-electron chi connectivity index (χ2n) is 4.90. The van der Waals surface area contributed by atoms with Crippen LogP contribution >= 0.6 is 11.3 Å². The van der Waals surface area contributed by atoms with Gasteiger partial charge in [0.1, 0.15) is 0 Å². The van der Waals surface area contributed by atoms with Gasteiger partial charge in [-0.05, 0) is 54.8 Å². The number of hydrogen-bond donors (Lipinski definition) is 3. The van der Waals surface area contributed by atoms with Crippen molar-refractivity contribution in [2.75, 3.05) is 5.43 Å². The van der Waals surface area contributed by atoms with Gasteiger partial charge >= 0.3 is 0 Å². The molecule has 0 bridgehead atoms. The maximum Gasteiger partial charge on any atom is 0.253 e. The summed E-state index contributed by atoms with van der Waals surface area (Å²) in [5.41, 5.74) is 6.04. The number of rotatable bonds is 5. The number of hydrogen-bond acceptors (Lipinski definition) is 4. The van der Waals surface area contributed by atoms with Crippen LogP contribution in [0.25, 0.3) is 0 Å². The number of thiophene rings is 1. The molecule has 1 heterocycles. The van der Waals surface area contributed by atoms with Gasteiger partial charge in [-0.1, -0.05) is 11.6 Å². The molecule has 1 unspecified atom stereocenters. The lowest BCUT2D eigenvalue weighted by Gasteiger charge is -2.15. The highest BCUT2D eigenvalue weighted by Gasteiger charge is 2.14. The molecule has 1 atom stereocenters. The number of nitrogens with one attached hydrogen (secondary N) is 2. The van der Waals surface area contributed by atoms with E-state index in [1.165, 1.54) is 5.56 Å². The molecular weight excluding hydrogens is 270 g/mol. The molecule has 2 rings (SSSR count). The minimum absolute atomic E-state index is 0.0724. The third kappa shape index (κ3) is 3.59. The summed E-state index contributed by atoms with van der Waals surface area (Å²) in [6.07, 6.45) is 0.826. The van der Waals surface area contributed by atoms with E-state index in [1.807, 2.05) is 37.4 Å². The van der Waals surface area contributed by atoms with E-state index in [0.717, 1.165) is 12.0 Å². The van der Waals surface area contributed by atoms with Gasteiger partial charge in [0.05, 0.1) is 11.3 Å². The molecule has 0 aliphatic rings. The fourth-order valence-corrected chi connectivity index (χ4v) is 2.77. The van der Waals surface area contributed by atoms with E-state index in [2.05, 4.69) is 22.2 Å². The van der Waals surface area contributed by atoms with Gasteiger partial charge in [0.25, 0.3) is 5.91 Å². The van der Waals surface area contributed by atoms with Crippen molar-refractivity contribution in [3.8, 4) is 0 Å². The first-order chi connectivity index (χ1) is 9.60. The third-order valence-electron chi connectivity index (χ3n) is 3.07. The summed E-state index contributed by atoms with van der Waals surface area (Å²) in [6.45, 7) is 3.95. The quantitative estimate of drug-likeness (QED) is 0.585. The van der Waals surface area contributed by atoms with Crippen LogP contribution in [-0.4, -0.2) is 11.9 Å². The number of nitrogen functional groups attached to an aromatic ring is 1. The Morgan fingerprint density at radius 2 is 2.20 bits per heavy atom.